The molecule has 45 heavy (non-hydrogen) atoms. The molecule has 0 N–H and O–H groups in total. The van der Waals surface area contributed by atoms with Crippen LogP contribution in [-0.4, -0.2) is 112 Å². The van der Waals surface area contributed by atoms with Gasteiger partial charge in [0.05, 0.1) is 25.5 Å². The lowest BCUT2D eigenvalue weighted by Crippen LogP contribution is -2.68. The number of hydrogen-bond acceptors (Lipinski definition) is 9. The molecular weight excluding hydrogens is 589 g/mol. The molecule has 1 saturated carbocycles. The number of anilines is 2. The highest BCUT2D eigenvalue weighted by Crippen LogP contribution is 2.53. The average Bonchev–Trinajstić information content (AvgIpc) is 3.66. The van der Waals surface area contributed by atoms with Gasteiger partial charge in [0.25, 0.3) is 0 Å². The molecule has 0 radical (unpaired) electrons. The third kappa shape index (κ3) is 5.72. The number of halogens is 3. The standard InChI is InChI=1S/C31H43F3N8O3/c1-18-14-35-42(20-16-44-17-20)27(18)21-6-7-40(23-12-22(21)23)25-13-26(37-28(36-25)31(32,33)34)41-15-24(19(41)2)38-8-10-39(11-9-38)29(43)45-30(3,4)5/h13-14,19-24H,6-12,15-17H2,1-5H3/t19-,21?,22+,23+,24-/m1/s1. The second-order valence-electron chi connectivity index (χ2n) is 14.3. The van der Waals surface area contributed by atoms with Crippen LogP contribution < -0.4 is 9.80 Å². The highest BCUT2D eigenvalue weighted by Gasteiger charge is 2.53. The van der Waals surface area contributed by atoms with Gasteiger partial charge in [-0.25, -0.2) is 14.8 Å². The van der Waals surface area contributed by atoms with Crippen LogP contribution in [-0.2, 0) is 15.7 Å². The number of piperidine rings is 1. The van der Waals surface area contributed by atoms with E-state index in [0.29, 0.717) is 76.0 Å². The number of carbonyl (C=O) groups excluding carboxylic acids is 1. The Bertz CT molecular complexity index is 1430. The zero-order chi connectivity index (χ0) is 31.8. The van der Waals surface area contributed by atoms with Gasteiger partial charge in [-0.2, -0.15) is 18.3 Å². The Balaban J connectivity index is 1.04. The first-order chi connectivity index (χ1) is 21.3. The number of aryl methyl sites for hydroxylation is 1. The molecule has 2 aromatic heterocycles. The van der Waals surface area contributed by atoms with E-state index in [2.05, 4.69) is 36.5 Å². The highest BCUT2D eigenvalue weighted by molar-refractivity contribution is 5.68. The Morgan fingerprint density at radius 1 is 1.00 bits per heavy atom. The van der Waals surface area contributed by atoms with Crippen LogP contribution in [0.5, 0.6) is 0 Å². The molecule has 4 saturated heterocycles. The first-order valence-corrected chi connectivity index (χ1v) is 16.1. The number of fused-ring (bicyclic) bond motifs is 1. The molecule has 5 aliphatic rings. The van der Waals surface area contributed by atoms with E-state index in [-0.39, 0.29) is 30.3 Å². The van der Waals surface area contributed by atoms with Crippen molar-refractivity contribution in [2.45, 2.75) is 89.3 Å². The number of ether oxygens (including phenoxy) is 2. The van der Waals surface area contributed by atoms with Gasteiger partial charge in [-0.05, 0) is 58.9 Å². The van der Waals surface area contributed by atoms with Crippen molar-refractivity contribution in [2.24, 2.45) is 5.92 Å². The Labute approximate surface area is 261 Å². The molecular formula is C31H43F3N8O3. The molecule has 7 rings (SSSR count). The summed E-state index contributed by atoms with van der Waals surface area (Å²) in [5, 5.41) is 4.64. The number of amides is 1. The van der Waals surface area contributed by atoms with E-state index in [0.717, 1.165) is 12.8 Å². The number of aromatic nitrogens is 4. The predicted molar refractivity (Wildman–Crippen MR) is 160 cm³/mol. The zero-order valence-corrected chi connectivity index (χ0v) is 26.6. The van der Waals surface area contributed by atoms with Crippen LogP contribution in [0.1, 0.15) is 69.6 Å². The summed E-state index contributed by atoms with van der Waals surface area (Å²) in [4.78, 5) is 28.6. The van der Waals surface area contributed by atoms with Crippen LogP contribution in [0.4, 0.5) is 29.6 Å². The van der Waals surface area contributed by atoms with Crippen LogP contribution >= 0.6 is 0 Å². The smallest absolute Gasteiger partial charge is 0.444 e. The molecule has 0 aromatic carbocycles. The van der Waals surface area contributed by atoms with Gasteiger partial charge in [-0.15, -0.1) is 0 Å². The van der Waals surface area contributed by atoms with Crippen LogP contribution in [0.25, 0.3) is 0 Å². The summed E-state index contributed by atoms with van der Waals surface area (Å²) in [5.74, 6) is 0.270. The normalized spacial score (nSPS) is 29.2. The summed E-state index contributed by atoms with van der Waals surface area (Å²) >= 11 is 0. The Hall–Kier alpha value is -3.13. The third-order valence-electron chi connectivity index (χ3n) is 10.2. The lowest BCUT2D eigenvalue weighted by atomic mass is 9.90. The van der Waals surface area contributed by atoms with E-state index < -0.39 is 17.6 Å². The van der Waals surface area contributed by atoms with Crippen molar-refractivity contribution < 1.29 is 27.4 Å². The van der Waals surface area contributed by atoms with Crippen molar-refractivity contribution in [3.8, 4) is 0 Å². The third-order valence-corrected chi connectivity index (χ3v) is 10.2. The first kappa shape index (κ1) is 30.5. The molecule has 5 fully saturated rings. The Kier molecular flexibility index (Phi) is 7.46. The van der Waals surface area contributed by atoms with Gasteiger partial charge in [0.15, 0.2) is 0 Å². The number of hydrogen-bond donors (Lipinski definition) is 0. The van der Waals surface area contributed by atoms with Gasteiger partial charge in [-0.3, -0.25) is 9.58 Å². The lowest BCUT2D eigenvalue weighted by Gasteiger charge is -2.53. The van der Waals surface area contributed by atoms with Gasteiger partial charge >= 0.3 is 12.3 Å². The largest absolute Gasteiger partial charge is 0.451 e. The van der Waals surface area contributed by atoms with Crippen molar-refractivity contribution >= 4 is 17.7 Å². The molecule has 4 aliphatic heterocycles. The fourth-order valence-corrected chi connectivity index (χ4v) is 7.57. The topological polar surface area (TPSA) is 92.1 Å². The van der Waals surface area contributed by atoms with E-state index in [1.165, 1.54) is 11.3 Å². The molecule has 6 heterocycles. The fourth-order valence-electron chi connectivity index (χ4n) is 7.57. The van der Waals surface area contributed by atoms with Crippen molar-refractivity contribution in [3.63, 3.8) is 0 Å². The minimum Gasteiger partial charge on any atom is -0.444 e. The van der Waals surface area contributed by atoms with Gasteiger partial charge in [0.2, 0.25) is 5.82 Å². The van der Waals surface area contributed by atoms with E-state index in [1.54, 1.807) is 11.0 Å². The van der Waals surface area contributed by atoms with E-state index >= 15 is 0 Å². The summed E-state index contributed by atoms with van der Waals surface area (Å²) in [7, 11) is 0. The summed E-state index contributed by atoms with van der Waals surface area (Å²) < 4.78 is 55.3. The van der Waals surface area contributed by atoms with Crippen molar-refractivity contribution in [1.82, 2.24) is 29.5 Å². The second kappa shape index (κ2) is 11.0. The maximum Gasteiger partial charge on any atom is 0.451 e. The average molecular weight is 633 g/mol. The summed E-state index contributed by atoms with van der Waals surface area (Å²) in [6.07, 6.45) is -1.28. The summed E-state index contributed by atoms with van der Waals surface area (Å²) in [6.45, 7) is 14.7. The maximum atomic E-state index is 14.1. The Morgan fingerprint density at radius 2 is 1.69 bits per heavy atom. The molecule has 0 spiro atoms. The highest BCUT2D eigenvalue weighted by atomic mass is 19.4. The van der Waals surface area contributed by atoms with Gasteiger partial charge < -0.3 is 24.2 Å². The quantitative estimate of drug-likeness (QED) is 0.484. The summed E-state index contributed by atoms with van der Waals surface area (Å²) in [5.41, 5.74) is 1.87. The molecule has 246 valence electrons. The molecule has 1 amide bonds. The number of carbonyl (C=O) groups is 1. The van der Waals surface area contributed by atoms with Crippen LogP contribution in [0.3, 0.4) is 0 Å². The second-order valence-corrected chi connectivity index (χ2v) is 14.3. The number of piperazine rings is 1. The molecule has 1 unspecified atom stereocenters. The summed E-state index contributed by atoms with van der Waals surface area (Å²) in [6, 6.07) is 2.30. The van der Waals surface area contributed by atoms with Crippen LogP contribution in [0, 0.1) is 12.8 Å². The number of rotatable bonds is 5. The number of nitrogens with zero attached hydrogens (tertiary/aromatic N) is 8. The van der Waals surface area contributed by atoms with Gasteiger partial charge in [-0.1, -0.05) is 0 Å². The van der Waals surface area contributed by atoms with Crippen LogP contribution in [0.2, 0.25) is 0 Å². The minimum absolute atomic E-state index is 0.0277. The maximum absolute atomic E-state index is 14.1. The molecule has 5 atom stereocenters. The SMILES string of the molecule is Cc1cnn(C2COC2)c1C1CCN(c2cc(N3C[C@@H](N4CCN(C(=O)OC(C)(C)C)CC4)[C@H]3C)nc(C(F)(F)F)n2)[C@H]2C[C@@H]12. The predicted octanol–water partition coefficient (Wildman–Crippen LogP) is 4.08. The van der Waals surface area contributed by atoms with E-state index in [9.17, 15) is 18.0 Å². The minimum atomic E-state index is -4.65. The van der Waals surface area contributed by atoms with Crippen molar-refractivity contribution in [3.05, 3.63) is 29.3 Å². The molecule has 0 bridgehead atoms. The molecule has 11 nitrogen and oxygen atoms in total. The van der Waals surface area contributed by atoms with Crippen molar-refractivity contribution in [1.29, 1.82) is 0 Å². The molecule has 2 aromatic rings. The Morgan fingerprint density at radius 3 is 2.29 bits per heavy atom. The zero-order valence-electron chi connectivity index (χ0n) is 26.6. The first-order valence-electron chi connectivity index (χ1n) is 16.1. The number of alkyl halides is 3. The van der Waals surface area contributed by atoms with Gasteiger partial charge in [0.1, 0.15) is 17.2 Å². The molecule has 14 heteroatoms. The van der Waals surface area contributed by atoms with E-state index in [4.69, 9.17) is 9.47 Å². The van der Waals surface area contributed by atoms with E-state index in [1.807, 2.05) is 38.8 Å². The van der Waals surface area contributed by atoms with Crippen molar-refractivity contribution in [2.75, 3.05) is 62.3 Å². The monoisotopic (exact) mass is 632 g/mol. The fraction of sp³-hybridized carbons (Fsp3) is 0.742. The van der Waals surface area contributed by atoms with Gasteiger partial charge in [0, 0.05) is 75.1 Å². The lowest BCUT2D eigenvalue weighted by molar-refractivity contribution is -0.144. The van der Waals surface area contributed by atoms with Crippen LogP contribution in [0.15, 0.2) is 12.3 Å². The molecule has 1 aliphatic carbocycles.